The van der Waals surface area contributed by atoms with Crippen LogP contribution in [0.4, 0.5) is 4.39 Å². The molecule has 0 aromatic carbocycles. The number of hydrogen-bond donors (Lipinski definition) is 2. The van der Waals surface area contributed by atoms with Gasteiger partial charge in [-0.1, -0.05) is 0 Å². The van der Waals surface area contributed by atoms with Crippen molar-refractivity contribution < 1.29 is 52.2 Å². The van der Waals surface area contributed by atoms with Crippen LogP contribution in [0.3, 0.4) is 0 Å². The summed E-state index contributed by atoms with van der Waals surface area (Å²) in [6.07, 6.45) is 0.481. The van der Waals surface area contributed by atoms with Crippen LogP contribution >= 0.6 is 0 Å². The van der Waals surface area contributed by atoms with Crippen LogP contribution in [0.5, 0.6) is 0 Å². The number of aliphatic carboxylic acids is 1. The first-order valence-corrected chi connectivity index (χ1v) is 11.3. The topological polar surface area (TPSA) is 131 Å². The first-order chi connectivity index (χ1) is 16.2. The molecule has 0 aromatic rings. The van der Waals surface area contributed by atoms with E-state index in [0.29, 0.717) is 98.9 Å². The van der Waals surface area contributed by atoms with Crippen LogP contribution in [0.25, 0.3) is 0 Å². The normalized spacial score (nSPS) is 11.1. The number of carbonyl (C=O) groups excluding carboxylic acids is 1. The molecule has 0 fully saturated rings. The molecule has 0 saturated carbocycles. The molecule has 0 aliphatic carbocycles. The molecule has 0 unspecified atom stereocenters. The summed E-state index contributed by atoms with van der Waals surface area (Å²) >= 11 is 0. The van der Waals surface area contributed by atoms with Crippen molar-refractivity contribution in [1.29, 1.82) is 0 Å². The van der Waals surface area contributed by atoms with Crippen molar-refractivity contribution in [3.8, 4) is 0 Å². The Morgan fingerprint density at radius 2 is 0.939 bits per heavy atom. The van der Waals surface area contributed by atoms with Crippen molar-refractivity contribution in [2.45, 2.75) is 19.3 Å². The number of carbonyl (C=O) groups is 2. The van der Waals surface area contributed by atoms with E-state index in [4.69, 9.17) is 38.3 Å². The van der Waals surface area contributed by atoms with Crippen molar-refractivity contribution in [2.24, 2.45) is 0 Å². The number of hydrogen-bond acceptors (Lipinski definition) is 9. The second-order valence-electron chi connectivity index (χ2n) is 6.57. The molecule has 0 aliphatic heterocycles. The van der Waals surface area contributed by atoms with E-state index in [-0.39, 0.29) is 25.4 Å². The van der Waals surface area contributed by atoms with Crippen LogP contribution in [0.2, 0.25) is 0 Å². The molecule has 2 N–H and O–H groups in total. The molecule has 0 bridgehead atoms. The van der Waals surface area contributed by atoms with Gasteiger partial charge in [-0.2, -0.15) is 0 Å². The number of carboxylic acids is 1. The van der Waals surface area contributed by atoms with E-state index in [2.05, 4.69) is 5.32 Å². The van der Waals surface area contributed by atoms with Gasteiger partial charge >= 0.3 is 5.97 Å². The predicted molar refractivity (Wildman–Crippen MR) is 116 cm³/mol. The first kappa shape index (κ1) is 31.6. The molecule has 0 aromatic heterocycles. The Labute approximate surface area is 195 Å². The first-order valence-electron chi connectivity index (χ1n) is 11.3. The number of amides is 1. The van der Waals surface area contributed by atoms with Gasteiger partial charge in [-0.15, -0.1) is 0 Å². The summed E-state index contributed by atoms with van der Waals surface area (Å²) in [7, 11) is 0. The van der Waals surface area contributed by atoms with E-state index in [1.807, 2.05) is 0 Å². The van der Waals surface area contributed by atoms with Crippen molar-refractivity contribution in [1.82, 2.24) is 5.32 Å². The maximum absolute atomic E-state index is 11.8. The molecular weight excluding hydrogens is 445 g/mol. The molecule has 1 amide bonds. The van der Waals surface area contributed by atoms with Gasteiger partial charge in [0.25, 0.3) is 0 Å². The van der Waals surface area contributed by atoms with Gasteiger partial charge in [0, 0.05) is 19.6 Å². The average molecular weight is 486 g/mol. The maximum atomic E-state index is 11.8. The molecule has 196 valence electrons. The molecule has 0 aliphatic rings. The average Bonchev–Trinajstić information content (AvgIpc) is 2.80. The second-order valence-corrected chi connectivity index (χ2v) is 6.57. The molecule has 0 atom stereocenters. The Hall–Kier alpha value is -1.41. The fraction of sp³-hybridized carbons (Fsp3) is 0.905. The molecule has 0 spiro atoms. The molecule has 11 nitrogen and oxygen atoms in total. The third-order valence-corrected chi connectivity index (χ3v) is 3.81. The SMILES string of the molecule is O=C(O)CCC(=O)NCCCOCCOCCOCCOCCOCCOCCOCCF. The fourth-order valence-corrected chi connectivity index (χ4v) is 2.19. The van der Waals surface area contributed by atoms with Gasteiger partial charge in [-0.25, -0.2) is 4.39 Å². The number of ether oxygens (including phenoxy) is 7. The van der Waals surface area contributed by atoms with Gasteiger partial charge in [0.1, 0.15) is 6.67 Å². The second kappa shape index (κ2) is 26.8. The molecule has 33 heavy (non-hydrogen) atoms. The fourth-order valence-electron chi connectivity index (χ4n) is 2.19. The summed E-state index contributed by atoms with van der Waals surface area (Å²) in [6.45, 7) is 6.03. The molecule has 0 radical (unpaired) electrons. The van der Waals surface area contributed by atoms with Gasteiger partial charge in [0.2, 0.25) is 5.91 Å². The summed E-state index contributed by atoms with van der Waals surface area (Å²) in [4.78, 5) is 21.6. The summed E-state index contributed by atoms with van der Waals surface area (Å²) in [6, 6.07) is 0. The minimum absolute atomic E-state index is 0.00903. The number of carboxylic acid groups (broad SMARTS) is 1. The lowest BCUT2D eigenvalue weighted by molar-refractivity contribution is -0.138. The number of nitrogens with one attached hydrogen (secondary N) is 1. The van der Waals surface area contributed by atoms with Crippen LogP contribution in [-0.4, -0.2) is 123 Å². The van der Waals surface area contributed by atoms with E-state index in [1.54, 1.807) is 0 Å². The van der Waals surface area contributed by atoms with Gasteiger partial charge < -0.3 is 43.6 Å². The smallest absolute Gasteiger partial charge is 0.303 e. The highest BCUT2D eigenvalue weighted by Crippen LogP contribution is 1.90. The van der Waals surface area contributed by atoms with E-state index in [1.165, 1.54) is 0 Å². The Bertz CT molecular complexity index is 445. The molecule has 0 rings (SSSR count). The minimum atomic E-state index is -0.983. The monoisotopic (exact) mass is 485 g/mol. The van der Waals surface area contributed by atoms with Crippen molar-refractivity contribution in [3.63, 3.8) is 0 Å². The van der Waals surface area contributed by atoms with E-state index >= 15 is 0 Å². The van der Waals surface area contributed by atoms with Crippen LogP contribution in [0.15, 0.2) is 0 Å². The van der Waals surface area contributed by atoms with Crippen molar-refractivity contribution >= 4 is 11.9 Å². The molecule has 12 heteroatoms. The summed E-state index contributed by atoms with van der Waals surface area (Å²) in [5, 5.41) is 11.1. The quantitative estimate of drug-likeness (QED) is 0.158. The third-order valence-electron chi connectivity index (χ3n) is 3.81. The van der Waals surface area contributed by atoms with Gasteiger partial charge in [-0.3, -0.25) is 9.59 Å². The lowest BCUT2D eigenvalue weighted by Gasteiger charge is -2.08. The minimum Gasteiger partial charge on any atom is -0.481 e. The van der Waals surface area contributed by atoms with Crippen LogP contribution in [-0.2, 0) is 42.7 Å². The highest BCUT2D eigenvalue weighted by atomic mass is 19.1. The molecule has 0 heterocycles. The molecule has 0 saturated heterocycles. The van der Waals surface area contributed by atoms with Crippen LogP contribution in [0.1, 0.15) is 19.3 Å². The summed E-state index contributed by atoms with van der Waals surface area (Å²) in [5.74, 6) is -1.25. The summed E-state index contributed by atoms with van der Waals surface area (Å²) in [5.41, 5.74) is 0. The largest absolute Gasteiger partial charge is 0.481 e. The van der Waals surface area contributed by atoms with Crippen LogP contribution in [0, 0.1) is 0 Å². The van der Waals surface area contributed by atoms with E-state index < -0.39 is 12.6 Å². The zero-order valence-corrected chi connectivity index (χ0v) is 19.4. The third kappa shape index (κ3) is 28.6. The zero-order valence-electron chi connectivity index (χ0n) is 19.4. The van der Waals surface area contributed by atoms with Gasteiger partial charge in [-0.05, 0) is 6.42 Å². The lowest BCUT2D eigenvalue weighted by Crippen LogP contribution is -2.25. The maximum Gasteiger partial charge on any atom is 0.303 e. The number of rotatable bonds is 27. The van der Waals surface area contributed by atoms with Crippen molar-refractivity contribution in [2.75, 3.05) is 106 Å². The Morgan fingerprint density at radius 3 is 1.30 bits per heavy atom. The Kier molecular flexibility index (Phi) is 25.7. The van der Waals surface area contributed by atoms with Crippen molar-refractivity contribution in [3.05, 3.63) is 0 Å². The number of alkyl halides is 1. The van der Waals surface area contributed by atoms with Gasteiger partial charge in [0.05, 0.1) is 92.3 Å². The zero-order chi connectivity index (χ0) is 24.2. The predicted octanol–water partition coefficient (Wildman–Crippen LogP) is 0.443. The standard InChI is InChI=1S/C21H40FNO10/c22-4-7-28-9-11-30-13-15-32-17-19-33-18-16-31-14-12-29-10-8-27-6-1-5-23-20(24)2-3-21(25)26/h1-19H2,(H,23,24)(H,25,26). The lowest BCUT2D eigenvalue weighted by atomic mass is 10.3. The van der Waals surface area contributed by atoms with E-state index in [9.17, 15) is 14.0 Å². The number of halogens is 1. The highest BCUT2D eigenvalue weighted by molar-refractivity contribution is 5.80. The van der Waals surface area contributed by atoms with Crippen LogP contribution < -0.4 is 5.32 Å². The van der Waals surface area contributed by atoms with Gasteiger partial charge in [0.15, 0.2) is 0 Å². The molecular formula is C21H40FNO10. The highest BCUT2D eigenvalue weighted by Gasteiger charge is 2.04. The van der Waals surface area contributed by atoms with E-state index in [0.717, 1.165) is 0 Å². The Morgan fingerprint density at radius 1 is 0.576 bits per heavy atom. The summed E-state index contributed by atoms with van der Waals surface area (Å²) < 4.78 is 48.8. The Balaban J connectivity index is 3.08.